The molecule has 2 rings (SSSR count). The predicted octanol–water partition coefficient (Wildman–Crippen LogP) is -0.978. The summed E-state index contributed by atoms with van der Waals surface area (Å²) in [6, 6.07) is -1.11. The molecule has 0 aromatic rings. The molecule has 2 aliphatic heterocycles. The molecule has 2 aliphatic rings. The number of carbonyl (C=O) groups excluding carboxylic acids is 3. The Hall–Kier alpha value is -1.39. The quantitative estimate of drug-likeness (QED) is 0.490. The van der Waals surface area contributed by atoms with Gasteiger partial charge < -0.3 is 5.32 Å². The summed E-state index contributed by atoms with van der Waals surface area (Å²) in [7, 11) is 0. The molecule has 0 saturated carbocycles. The second-order valence-corrected chi connectivity index (χ2v) is 3.39. The van der Waals surface area contributed by atoms with E-state index in [2.05, 4.69) is 5.32 Å². The first-order chi connectivity index (χ1) is 6.11. The van der Waals surface area contributed by atoms with Crippen molar-refractivity contribution in [2.24, 2.45) is 0 Å². The normalized spacial score (nSPS) is 33.3. The minimum absolute atomic E-state index is 0.210. The van der Waals surface area contributed by atoms with Crippen molar-refractivity contribution in [3.8, 4) is 0 Å². The van der Waals surface area contributed by atoms with Gasteiger partial charge in [0.15, 0.2) is 0 Å². The monoisotopic (exact) mass is 182 g/mol. The molecule has 3 amide bonds. The molecule has 0 radical (unpaired) electrons. The van der Waals surface area contributed by atoms with Crippen LogP contribution in [0.2, 0.25) is 0 Å². The second-order valence-electron chi connectivity index (χ2n) is 3.39. The average Bonchev–Trinajstić information content (AvgIpc) is 2.44. The first-order valence-corrected chi connectivity index (χ1v) is 4.27. The Labute approximate surface area is 75.1 Å². The van der Waals surface area contributed by atoms with E-state index in [1.165, 1.54) is 0 Å². The molecule has 2 fully saturated rings. The Balaban J connectivity index is 2.32. The molecule has 0 aliphatic carbocycles. The smallest absolute Gasteiger partial charge is 0.252 e. The molecule has 2 heterocycles. The Bertz CT molecular complexity index is 300. The lowest BCUT2D eigenvalue weighted by molar-refractivity contribution is -0.153. The molecule has 0 aromatic heterocycles. The van der Waals surface area contributed by atoms with E-state index in [0.29, 0.717) is 12.8 Å². The van der Waals surface area contributed by atoms with Gasteiger partial charge in [0.1, 0.15) is 12.1 Å². The van der Waals surface area contributed by atoms with Crippen molar-refractivity contribution < 1.29 is 14.4 Å². The van der Waals surface area contributed by atoms with Crippen LogP contribution in [0.15, 0.2) is 0 Å². The molecule has 13 heavy (non-hydrogen) atoms. The van der Waals surface area contributed by atoms with E-state index in [9.17, 15) is 14.4 Å². The molecule has 0 unspecified atom stereocenters. The van der Waals surface area contributed by atoms with Gasteiger partial charge in [-0.05, 0) is 13.3 Å². The molecule has 0 aromatic carbocycles. The Kier molecular flexibility index (Phi) is 1.61. The minimum Gasteiger partial charge on any atom is -0.343 e. The van der Waals surface area contributed by atoms with Crippen molar-refractivity contribution in [3.63, 3.8) is 0 Å². The number of hydrogen-bond donors (Lipinski definition) is 1. The maximum absolute atomic E-state index is 11.5. The SMILES string of the molecule is C[C@@H]1NC(=O)[C@@H]2CCC(=O)N2C1=O. The fourth-order valence-corrected chi connectivity index (χ4v) is 1.79. The molecule has 2 saturated heterocycles. The number of carbonyl (C=O) groups is 3. The third-order valence-electron chi connectivity index (χ3n) is 2.48. The van der Waals surface area contributed by atoms with Crippen LogP contribution in [0.4, 0.5) is 0 Å². The van der Waals surface area contributed by atoms with Crippen LogP contribution in [0.25, 0.3) is 0 Å². The van der Waals surface area contributed by atoms with E-state index < -0.39 is 12.1 Å². The Morgan fingerprint density at radius 3 is 2.77 bits per heavy atom. The molecule has 0 spiro atoms. The third kappa shape index (κ3) is 1.03. The lowest BCUT2D eigenvalue weighted by atomic mass is 10.1. The van der Waals surface area contributed by atoms with Gasteiger partial charge in [0.05, 0.1) is 0 Å². The summed E-state index contributed by atoms with van der Waals surface area (Å²) in [6.07, 6.45) is 0.764. The Morgan fingerprint density at radius 1 is 1.38 bits per heavy atom. The predicted molar refractivity (Wildman–Crippen MR) is 42.5 cm³/mol. The van der Waals surface area contributed by atoms with Gasteiger partial charge in [-0.15, -0.1) is 0 Å². The minimum atomic E-state index is -0.564. The van der Waals surface area contributed by atoms with Gasteiger partial charge in [-0.2, -0.15) is 0 Å². The first kappa shape index (κ1) is 8.22. The molecule has 5 heteroatoms. The van der Waals surface area contributed by atoms with Crippen LogP contribution in [0, 0.1) is 0 Å². The van der Waals surface area contributed by atoms with Crippen LogP contribution in [0.5, 0.6) is 0 Å². The molecular weight excluding hydrogens is 172 g/mol. The van der Waals surface area contributed by atoms with Gasteiger partial charge in [0, 0.05) is 6.42 Å². The van der Waals surface area contributed by atoms with Crippen LogP contribution < -0.4 is 5.32 Å². The molecule has 5 nitrogen and oxygen atoms in total. The van der Waals surface area contributed by atoms with Gasteiger partial charge in [0.2, 0.25) is 11.8 Å². The third-order valence-corrected chi connectivity index (χ3v) is 2.48. The summed E-state index contributed by atoms with van der Waals surface area (Å²) >= 11 is 0. The van der Waals surface area contributed by atoms with E-state index in [4.69, 9.17) is 0 Å². The number of rotatable bonds is 0. The highest BCUT2D eigenvalue weighted by molar-refractivity contribution is 6.08. The summed E-state index contributed by atoms with van der Waals surface area (Å²) in [6.45, 7) is 1.59. The summed E-state index contributed by atoms with van der Waals surface area (Å²) in [5.41, 5.74) is 0. The number of hydrogen-bond acceptors (Lipinski definition) is 3. The molecule has 2 atom stereocenters. The van der Waals surface area contributed by atoms with Gasteiger partial charge >= 0.3 is 0 Å². The van der Waals surface area contributed by atoms with Gasteiger partial charge in [-0.1, -0.05) is 0 Å². The number of nitrogens with zero attached hydrogens (tertiary/aromatic N) is 1. The lowest BCUT2D eigenvalue weighted by Gasteiger charge is -2.31. The average molecular weight is 182 g/mol. The van der Waals surface area contributed by atoms with E-state index in [0.717, 1.165) is 4.90 Å². The van der Waals surface area contributed by atoms with Crippen molar-refractivity contribution in [2.75, 3.05) is 0 Å². The first-order valence-electron chi connectivity index (χ1n) is 4.27. The maximum Gasteiger partial charge on any atom is 0.252 e. The summed E-state index contributed by atoms with van der Waals surface area (Å²) < 4.78 is 0. The number of amides is 3. The van der Waals surface area contributed by atoms with Crippen molar-refractivity contribution in [2.45, 2.75) is 31.8 Å². The van der Waals surface area contributed by atoms with Gasteiger partial charge in [0.25, 0.3) is 5.91 Å². The largest absolute Gasteiger partial charge is 0.343 e. The zero-order valence-corrected chi connectivity index (χ0v) is 7.24. The molecule has 0 bridgehead atoms. The topological polar surface area (TPSA) is 66.5 Å². The van der Waals surface area contributed by atoms with Crippen molar-refractivity contribution in [3.05, 3.63) is 0 Å². The highest BCUT2D eigenvalue weighted by atomic mass is 16.2. The zero-order valence-electron chi connectivity index (χ0n) is 7.24. The van der Waals surface area contributed by atoms with Crippen molar-refractivity contribution in [1.29, 1.82) is 0 Å². The van der Waals surface area contributed by atoms with Gasteiger partial charge in [-0.25, -0.2) is 0 Å². The van der Waals surface area contributed by atoms with Crippen LogP contribution in [0.3, 0.4) is 0 Å². The van der Waals surface area contributed by atoms with E-state index >= 15 is 0 Å². The molecular formula is C8H10N2O3. The summed E-state index contributed by atoms with van der Waals surface area (Å²) in [5.74, 6) is -0.721. The van der Waals surface area contributed by atoms with E-state index in [1.807, 2.05) is 0 Å². The zero-order chi connectivity index (χ0) is 9.59. The fourth-order valence-electron chi connectivity index (χ4n) is 1.79. The second kappa shape index (κ2) is 2.55. The fraction of sp³-hybridized carbons (Fsp3) is 0.625. The lowest BCUT2D eigenvalue weighted by Crippen LogP contribution is -2.61. The van der Waals surface area contributed by atoms with Crippen molar-refractivity contribution >= 4 is 17.7 Å². The highest BCUT2D eigenvalue weighted by Gasteiger charge is 2.45. The van der Waals surface area contributed by atoms with E-state index in [1.54, 1.807) is 6.92 Å². The standard InChI is InChI=1S/C8H10N2O3/c1-4-8(13)10-5(7(12)9-4)2-3-6(10)11/h4-5H,2-3H2,1H3,(H,9,12)/t4-,5-/m0/s1. The van der Waals surface area contributed by atoms with Crippen LogP contribution in [-0.4, -0.2) is 34.7 Å². The number of nitrogens with one attached hydrogen (secondary N) is 1. The Morgan fingerprint density at radius 2 is 2.08 bits per heavy atom. The number of imide groups is 1. The summed E-state index contributed by atoms with van der Waals surface area (Å²) in [4.78, 5) is 35.1. The highest BCUT2D eigenvalue weighted by Crippen LogP contribution is 2.22. The van der Waals surface area contributed by atoms with E-state index in [-0.39, 0.29) is 17.7 Å². The molecule has 1 N–H and O–H groups in total. The number of fused-ring (bicyclic) bond motifs is 1. The number of piperazine rings is 1. The molecule has 70 valence electrons. The van der Waals surface area contributed by atoms with Crippen LogP contribution in [-0.2, 0) is 14.4 Å². The maximum atomic E-state index is 11.5. The van der Waals surface area contributed by atoms with Gasteiger partial charge in [-0.3, -0.25) is 19.3 Å². The van der Waals surface area contributed by atoms with Crippen molar-refractivity contribution in [1.82, 2.24) is 10.2 Å². The summed E-state index contributed by atoms with van der Waals surface area (Å²) in [5, 5.41) is 2.54. The van der Waals surface area contributed by atoms with Crippen LogP contribution in [0.1, 0.15) is 19.8 Å². The van der Waals surface area contributed by atoms with Crippen LogP contribution >= 0.6 is 0 Å².